The second kappa shape index (κ2) is 6.59. The molecule has 3 N–H and O–H groups in total. The van der Waals surface area contributed by atoms with Crippen LogP contribution in [0.3, 0.4) is 0 Å². The number of nitriles is 1. The van der Waals surface area contributed by atoms with Gasteiger partial charge < -0.3 is 11.1 Å². The summed E-state index contributed by atoms with van der Waals surface area (Å²) in [6.45, 7) is 0.599. The van der Waals surface area contributed by atoms with Crippen LogP contribution in [0.2, 0.25) is 0 Å². The van der Waals surface area contributed by atoms with Crippen molar-refractivity contribution in [1.29, 1.82) is 5.26 Å². The molecule has 0 aromatic heterocycles. The van der Waals surface area contributed by atoms with Crippen LogP contribution in [0.15, 0.2) is 24.3 Å². The van der Waals surface area contributed by atoms with Crippen molar-refractivity contribution in [1.82, 2.24) is 0 Å². The first-order chi connectivity index (χ1) is 7.77. The van der Waals surface area contributed by atoms with Crippen LogP contribution >= 0.6 is 0 Å². The van der Waals surface area contributed by atoms with Gasteiger partial charge in [0.15, 0.2) is 0 Å². The summed E-state index contributed by atoms with van der Waals surface area (Å²) in [5.41, 5.74) is 6.39. The SMILES string of the molecule is N#Cc1ccccc1NC(=O)CCCCN. The van der Waals surface area contributed by atoms with Crippen LogP contribution in [0.5, 0.6) is 0 Å². The molecule has 0 saturated heterocycles. The highest BCUT2D eigenvalue weighted by atomic mass is 16.1. The van der Waals surface area contributed by atoms with Gasteiger partial charge in [0.2, 0.25) is 5.91 Å². The third-order valence-electron chi connectivity index (χ3n) is 2.18. The highest BCUT2D eigenvalue weighted by Gasteiger charge is 2.05. The molecule has 16 heavy (non-hydrogen) atoms. The van der Waals surface area contributed by atoms with Crippen molar-refractivity contribution in [3.8, 4) is 6.07 Å². The van der Waals surface area contributed by atoms with Gasteiger partial charge in [-0.3, -0.25) is 4.79 Å². The number of anilines is 1. The fourth-order valence-corrected chi connectivity index (χ4v) is 1.33. The zero-order chi connectivity index (χ0) is 11.8. The number of amides is 1. The highest BCUT2D eigenvalue weighted by molar-refractivity contribution is 5.92. The van der Waals surface area contributed by atoms with E-state index in [0.717, 1.165) is 12.8 Å². The number of hydrogen-bond acceptors (Lipinski definition) is 3. The molecule has 0 aliphatic rings. The number of unbranched alkanes of at least 4 members (excludes halogenated alkanes) is 1. The number of hydrogen-bond donors (Lipinski definition) is 2. The Morgan fingerprint density at radius 1 is 1.38 bits per heavy atom. The Kier molecular flexibility index (Phi) is 5.03. The Morgan fingerprint density at radius 3 is 2.81 bits per heavy atom. The van der Waals surface area contributed by atoms with Crippen molar-refractivity contribution in [3.63, 3.8) is 0 Å². The molecule has 0 bridgehead atoms. The summed E-state index contributed by atoms with van der Waals surface area (Å²) in [5, 5.41) is 11.5. The van der Waals surface area contributed by atoms with Crippen molar-refractivity contribution in [2.75, 3.05) is 11.9 Å². The molecule has 0 fully saturated rings. The van der Waals surface area contributed by atoms with E-state index in [4.69, 9.17) is 11.0 Å². The van der Waals surface area contributed by atoms with E-state index in [0.29, 0.717) is 24.2 Å². The van der Waals surface area contributed by atoms with E-state index < -0.39 is 0 Å². The molecule has 1 aromatic carbocycles. The smallest absolute Gasteiger partial charge is 0.224 e. The van der Waals surface area contributed by atoms with Crippen molar-refractivity contribution in [2.45, 2.75) is 19.3 Å². The zero-order valence-corrected chi connectivity index (χ0v) is 9.07. The molecule has 0 spiro atoms. The topological polar surface area (TPSA) is 78.9 Å². The number of carbonyl (C=O) groups is 1. The second-order valence-electron chi connectivity index (χ2n) is 3.45. The van der Waals surface area contributed by atoms with Crippen LogP contribution in [-0.4, -0.2) is 12.5 Å². The Labute approximate surface area is 95.1 Å². The first-order valence-corrected chi connectivity index (χ1v) is 5.27. The molecule has 0 heterocycles. The van der Waals surface area contributed by atoms with Gasteiger partial charge in [-0.25, -0.2) is 0 Å². The molecule has 0 radical (unpaired) electrons. The van der Waals surface area contributed by atoms with Gasteiger partial charge >= 0.3 is 0 Å². The van der Waals surface area contributed by atoms with Crippen LogP contribution in [0, 0.1) is 11.3 Å². The van der Waals surface area contributed by atoms with E-state index >= 15 is 0 Å². The summed E-state index contributed by atoms with van der Waals surface area (Å²) < 4.78 is 0. The number of benzene rings is 1. The molecular weight excluding hydrogens is 202 g/mol. The summed E-state index contributed by atoms with van der Waals surface area (Å²) in [4.78, 5) is 11.5. The monoisotopic (exact) mass is 217 g/mol. The number of nitrogens with zero attached hydrogens (tertiary/aromatic N) is 1. The maximum atomic E-state index is 11.5. The molecule has 0 unspecified atom stereocenters. The maximum absolute atomic E-state index is 11.5. The van der Waals surface area contributed by atoms with E-state index in [1.54, 1.807) is 24.3 Å². The lowest BCUT2D eigenvalue weighted by Crippen LogP contribution is -2.12. The Morgan fingerprint density at radius 2 is 2.12 bits per heavy atom. The maximum Gasteiger partial charge on any atom is 0.224 e. The van der Waals surface area contributed by atoms with Crippen molar-refractivity contribution in [3.05, 3.63) is 29.8 Å². The van der Waals surface area contributed by atoms with Crippen molar-refractivity contribution in [2.24, 2.45) is 5.73 Å². The summed E-state index contributed by atoms with van der Waals surface area (Å²) in [5.74, 6) is -0.0730. The van der Waals surface area contributed by atoms with Crippen LogP contribution in [0.1, 0.15) is 24.8 Å². The third kappa shape index (κ3) is 3.71. The quantitative estimate of drug-likeness (QED) is 0.735. The Hall–Kier alpha value is -1.86. The second-order valence-corrected chi connectivity index (χ2v) is 3.45. The van der Waals surface area contributed by atoms with Crippen LogP contribution in [0.25, 0.3) is 0 Å². The fraction of sp³-hybridized carbons (Fsp3) is 0.333. The number of para-hydroxylation sites is 1. The standard InChI is InChI=1S/C12H15N3O/c13-8-4-3-7-12(16)15-11-6-2-1-5-10(11)9-14/h1-2,5-6H,3-4,7-8,13H2,(H,15,16). The Bertz CT molecular complexity index is 395. The predicted octanol–water partition coefficient (Wildman–Crippen LogP) is 1.63. The molecule has 4 nitrogen and oxygen atoms in total. The largest absolute Gasteiger partial charge is 0.330 e. The first kappa shape index (κ1) is 12.2. The van der Waals surface area contributed by atoms with Gasteiger partial charge in [-0.15, -0.1) is 0 Å². The van der Waals surface area contributed by atoms with Gasteiger partial charge in [0.05, 0.1) is 11.3 Å². The van der Waals surface area contributed by atoms with Gasteiger partial charge in [-0.1, -0.05) is 12.1 Å². The zero-order valence-electron chi connectivity index (χ0n) is 9.07. The molecule has 1 amide bonds. The van der Waals surface area contributed by atoms with E-state index in [2.05, 4.69) is 5.32 Å². The highest BCUT2D eigenvalue weighted by Crippen LogP contribution is 2.13. The van der Waals surface area contributed by atoms with E-state index in [-0.39, 0.29) is 5.91 Å². The summed E-state index contributed by atoms with van der Waals surface area (Å²) in [6, 6.07) is 8.99. The number of rotatable bonds is 5. The molecule has 4 heteroatoms. The minimum absolute atomic E-state index is 0.0730. The first-order valence-electron chi connectivity index (χ1n) is 5.27. The molecule has 0 aliphatic carbocycles. The molecule has 0 saturated carbocycles. The number of carbonyl (C=O) groups excluding carboxylic acids is 1. The van der Waals surface area contributed by atoms with Crippen LogP contribution < -0.4 is 11.1 Å². The molecule has 0 atom stereocenters. The summed E-state index contributed by atoms with van der Waals surface area (Å²) in [7, 11) is 0. The third-order valence-corrected chi connectivity index (χ3v) is 2.18. The average Bonchev–Trinajstić information content (AvgIpc) is 2.30. The molecule has 1 aromatic rings. The fourth-order valence-electron chi connectivity index (χ4n) is 1.33. The number of nitrogens with one attached hydrogen (secondary N) is 1. The van der Waals surface area contributed by atoms with E-state index in [1.165, 1.54) is 0 Å². The lowest BCUT2D eigenvalue weighted by atomic mass is 10.2. The molecule has 84 valence electrons. The molecular formula is C12H15N3O. The average molecular weight is 217 g/mol. The van der Waals surface area contributed by atoms with Gasteiger partial charge in [0.25, 0.3) is 0 Å². The summed E-state index contributed by atoms with van der Waals surface area (Å²) in [6.07, 6.45) is 2.06. The Balaban J connectivity index is 2.53. The predicted molar refractivity (Wildman–Crippen MR) is 62.7 cm³/mol. The summed E-state index contributed by atoms with van der Waals surface area (Å²) >= 11 is 0. The minimum atomic E-state index is -0.0730. The number of nitrogens with two attached hydrogens (primary N) is 1. The van der Waals surface area contributed by atoms with Crippen LogP contribution in [-0.2, 0) is 4.79 Å². The van der Waals surface area contributed by atoms with Crippen molar-refractivity contribution >= 4 is 11.6 Å². The van der Waals surface area contributed by atoms with E-state index in [1.807, 2.05) is 6.07 Å². The minimum Gasteiger partial charge on any atom is -0.330 e. The van der Waals surface area contributed by atoms with Gasteiger partial charge in [0, 0.05) is 6.42 Å². The van der Waals surface area contributed by atoms with Gasteiger partial charge in [-0.2, -0.15) is 5.26 Å². The molecule has 0 aliphatic heterocycles. The lowest BCUT2D eigenvalue weighted by Gasteiger charge is -2.06. The van der Waals surface area contributed by atoms with Crippen molar-refractivity contribution < 1.29 is 4.79 Å². The van der Waals surface area contributed by atoms with Crippen LogP contribution in [0.4, 0.5) is 5.69 Å². The molecule has 1 rings (SSSR count). The lowest BCUT2D eigenvalue weighted by molar-refractivity contribution is -0.116. The normalized spacial score (nSPS) is 9.50. The van der Waals surface area contributed by atoms with E-state index in [9.17, 15) is 4.79 Å². The van der Waals surface area contributed by atoms with Gasteiger partial charge in [-0.05, 0) is 31.5 Å². The van der Waals surface area contributed by atoms with Gasteiger partial charge in [0.1, 0.15) is 6.07 Å².